The van der Waals surface area contributed by atoms with Gasteiger partial charge in [-0.1, -0.05) is 121 Å². The summed E-state index contributed by atoms with van der Waals surface area (Å²) in [5.41, 5.74) is 3.63. The molecule has 0 heterocycles. The lowest BCUT2D eigenvalue weighted by Gasteiger charge is -2.24. The Morgan fingerprint density at radius 2 is 0.719 bits per heavy atom. The van der Waals surface area contributed by atoms with E-state index in [9.17, 15) is 10.2 Å². The minimum atomic E-state index is -0.190. The Balaban J connectivity index is 1.85. The average molecular weight is 419 g/mol. The molecule has 158 valence electrons. The fraction of sp³-hybridized carbons (Fsp3) is 0.0667. The number of allylic oxidation sites excluding steroid dienone is 2. The molecule has 0 aromatic heterocycles. The molecule has 0 radical (unpaired) electrons. The maximum atomic E-state index is 11.0. The fourth-order valence-corrected chi connectivity index (χ4v) is 3.92. The van der Waals surface area contributed by atoms with E-state index in [0.717, 1.165) is 22.3 Å². The Morgan fingerprint density at radius 1 is 0.438 bits per heavy atom. The van der Waals surface area contributed by atoms with Gasteiger partial charge in [-0.3, -0.25) is 0 Å². The zero-order valence-electron chi connectivity index (χ0n) is 17.8. The molecule has 4 rings (SSSR count). The van der Waals surface area contributed by atoms with Gasteiger partial charge < -0.3 is 10.2 Å². The largest absolute Gasteiger partial charge is 0.508 e. The van der Waals surface area contributed by atoms with Crippen LogP contribution in [0.15, 0.2) is 133 Å². The molecule has 2 N–H and O–H groups in total. The molecule has 0 saturated carbocycles. The van der Waals surface area contributed by atoms with Gasteiger partial charge in [0.05, 0.1) is 0 Å². The summed E-state index contributed by atoms with van der Waals surface area (Å²) in [6.45, 7) is 0. The van der Waals surface area contributed by atoms with Crippen molar-refractivity contribution in [2.45, 2.75) is 11.8 Å². The molecule has 2 heteroatoms. The second-order valence-corrected chi connectivity index (χ2v) is 7.71. The van der Waals surface area contributed by atoms with Crippen molar-refractivity contribution in [3.63, 3.8) is 0 Å². The summed E-state index contributed by atoms with van der Waals surface area (Å²) >= 11 is 0. The lowest BCUT2D eigenvalue weighted by Crippen LogP contribution is -2.09. The van der Waals surface area contributed by atoms with E-state index in [4.69, 9.17) is 0 Å². The van der Waals surface area contributed by atoms with E-state index in [0.29, 0.717) is 0 Å². The molecular formula is C30H26O2. The number of hydrogen-bond donors (Lipinski definition) is 2. The van der Waals surface area contributed by atoms with Crippen LogP contribution in [-0.4, -0.2) is 10.2 Å². The van der Waals surface area contributed by atoms with E-state index >= 15 is 0 Å². The maximum absolute atomic E-state index is 11.0. The van der Waals surface area contributed by atoms with Crippen LogP contribution in [0.3, 0.4) is 0 Å². The summed E-state index contributed by atoms with van der Waals surface area (Å²) < 4.78 is 0. The van der Waals surface area contributed by atoms with Crippen molar-refractivity contribution >= 4 is 11.5 Å². The number of rotatable bonds is 7. The molecule has 0 aliphatic rings. The van der Waals surface area contributed by atoms with Gasteiger partial charge in [-0.2, -0.15) is 0 Å². The van der Waals surface area contributed by atoms with Crippen molar-refractivity contribution in [1.29, 1.82) is 0 Å². The van der Waals surface area contributed by atoms with Crippen LogP contribution in [0.25, 0.3) is 11.5 Å². The third kappa shape index (κ3) is 5.16. The Morgan fingerprint density at radius 3 is 1.03 bits per heavy atom. The zero-order valence-corrected chi connectivity index (χ0v) is 17.8. The first-order chi connectivity index (χ1) is 15.7. The molecule has 4 aromatic rings. The highest BCUT2D eigenvalue weighted by molar-refractivity contribution is 5.63. The van der Waals surface area contributed by atoms with Crippen molar-refractivity contribution in [3.05, 3.63) is 156 Å². The van der Waals surface area contributed by atoms with Crippen LogP contribution < -0.4 is 0 Å². The molecule has 2 nitrogen and oxygen atoms in total. The zero-order chi connectivity index (χ0) is 22.2. The second-order valence-electron chi connectivity index (χ2n) is 7.71. The van der Waals surface area contributed by atoms with Crippen molar-refractivity contribution in [2.75, 3.05) is 0 Å². The quantitative estimate of drug-likeness (QED) is 0.301. The van der Waals surface area contributed by atoms with Gasteiger partial charge in [-0.25, -0.2) is 0 Å². The summed E-state index contributed by atoms with van der Waals surface area (Å²) in [6, 6.07) is 39.3. The third-order valence-corrected chi connectivity index (χ3v) is 5.57. The molecule has 0 aliphatic carbocycles. The molecule has 2 unspecified atom stereocenters. The third-order valence-electron chi connectivity index (χ3n) is 5.57. The van der Waals surface area contributed by atoms with Crippen LogP contribution in [0.5, 0.6) is 0 Å². The summed E-state index contributed by atoms with van der Waals surface area (Å²) in [7, 11) is 0. The molecule has 0 saturated heterocycles. The van der Waals surface area contributed by atoms with Crippen molar-refractivity contribution in [3.8, 4) is 0 Å². The molecule has 32 heavy (non-hydrogen) atoms. The molecule has 0 amide bonds. The van der Waals surface area contributed by atoms with Gasteiger partial charge in [-0.05, 0) is 23.3 Å². The number of aliphatic hydroxyl groups is 2. The highest BCUT2D eigenvalue weighted by Crippen LogP contribution is 2.38. The number of aliphatic hydroxyl groups excluding tert-OH is 2. The molecular weight excluding hydrogens is 392 g/mol. The second kappa shape index (κ2) is 10.3. The molecule has 0 fully saturated rings. The van der Waals surface area contributed by atoms with Crippen LogP contribution >= 0.6 is 0 Å². The minimum Gasteiger partial charge on any atom is -0.508 e. The Hall–Kier alpha value is -4.04. The van der Waals surface area contributed by atoms with Crippen LogP contribution in [0.4, 0.5) is 0 Å². The minimum absolute atomic E-state index is 0.190. The highest BCUT2D eigenvalue weighted by atomic mass is 16.3. The molecule has 4 aromatic carbocycles. The van der Waals surface area contributed by atoms with Gasteiger partial charge in [0.25, 0.3) is 0 Å². The standard InChI is InChI=1S/C30H26O2/c31-29(25-17-9-3-10-18-25)21-27(23-13-5-1-6-14-23)28(24-15-7-2-8-16-24)22-30(32)26-19-11-4-12-20-26/h1-22,27-28,31-32H/b29-21-,30-22-. The van der Waals surface area contributed by atoms with Gasteiger partial charge in [0.2, 0.25) is 0 Å². The van der Waals surface area contributed by atoms with E-state index in [2.05, 4.69) is 24.3 Å². The van der Waals surface area contributed by atoms with Gasteiger partial charge >= 0.3 is 0 Å². The lowest BCUT2D eigenvalue weighted by atomic mass is 9.80. The predicted molar refractivity (Wildman–Crippen MR) is 132 cm³/mol. The van der Waals surface area contributed by atoms with E-state index < -0.39 is 0 Å². The molecule has 0 bridgehead atoms. The number of benzene rings is 4. The molecule has 2 atom stereocenters. The topological polar surface area (TPSA) is 40.5 Å². The SMILES string of the molecule is O/C(=C\C(c1ccccc1)C(/C=C(\O)c1ccccc1)c1ccccc1)c1ccccc1. The van der Waals surface area contributed by atoms with Gasteiger partial charge in [0.15, 0.2) is 0 Å². The first-order valence-electron chi connectivity index (χ1n) is 10.7. The van der Waals surface area contributed by atoms with Crippen molar-refractivity contribution in [2.24, 2.45) is 0 Å². The highest BCUT2D eigenvalue weighted by Gasteiger charge is 2.23. The monoisotopic (exact) mass is 418 g/mol. The molecule has 0 aliphatic heterocycles. The Labute approximate surface area is 189 Å². The van der Waals surface area contributed by atoms with E-state index in [-0.39, 0.29) is 23.4 Å². The van der Waals surface area contributed by atoms with Gasteiger partial charge in [0, 0.05) is 23.0 Å². The fourth-order valence-electron chi connectivity index (χ4n) is 3.92. The molecule has 0 spiro atoms. The van der Waals surface area contributed by atoms with Crippen LogP contribution in [-0.2, 0) is 0 Å². The normalized spacial score (nSPS) is 14.0. The first-order valence-corrected chi connectivity index (χ1v) is 10.7. The van der Waals surface area contributed by atoms with E-state index in [1.807, 2.05) is 109 Å². The van der Waals surface area contributed by atoms with Crippen molar-refractivity contribution < 1.29 is 10.2 Å². The van der Waals surface area contributed by atoms with Gasteiger partial charge in [0.1, 0.15) is 11.5 Å². The van der Waals surface area contributed by atoms with E-state index in [1.165, 1.54) is 0 Å². The lowest BCUT2D eigenvalue weighted by molar-refractivity contribution is 0.499. The van der Waals surface area contributed by atoms with Crippen LogP contribution in [0.1, 0.15) is 34.1 Å². The summed E-state index contributed by atoms with van der Waals surface area (Å²) in [5, 5.41) is 22.0. The first kappa shape index (κ1) is 21.2. The number of hydrogen-bond acceptors (Lipinski definition) is 2. The Kier molecular flexibility index (Phi) is 6.84. The summed E-state index contributed by atoms with van der Waals surface area (Å²) in [4.78, 5) is 0. The van der Waals surface area contributed by atoms with Crippen LogP contribution in [0.2, 0.25) is 0 Å². The summed E-state index contributed by atoms with van der Waals surface area (Å²) in [6.07, 6.45) is 3.77. The van der Waals surface area contributed by atoms with Crippen LogP contribution in [0, 0.1) is 0 Å². The average Bonchev–Trinajstić information content (AvgIpc) is 2.88. The predicted octanol–water partition coefficient (Wildman–Crippen LogP) is 7.75. The van der Waals surface area contributed by atoms with E-state index in [1.54, 1.807) is 0 Å². The smallest absolute Gasteiger partial charge is 0.119 e. The summed E-state index contributed by atoms with van der Waals surface area (Å²) in [5.74, 6) is 0.0512. The van der Waals surface area contributed by atoms with Crippen molar-refractivity contribution in [1.82, 2.24) is 0 Å². The maximum Gasteiger partial charge on any atom is 0.119 e. The van der Waals surface area contributed by atoms with Gasteiger partial charge in [-0.15, -0.1) is 0 Å². The Bertz CT molecular complexity index is 1070.